The van der Waals surface area contributed by atoms with Crippen molar-refractivity contribution in [2.24, 2.45) is 5.92 Å². The summed E-state index contributed by atoms with van der Waals surface area (Å²) >= 11 is -1.48. The quantitative estimate of drug-likeness (QED) is 0.130. The number of pyridine rings is 1. The summed E-state index contributed by atoms with van der Waals surface area (Å²) in [5.41, 5.74) is 2.09. The second kappa shape index (κ2) is 14.9. The minimum Gasteiger partial charge on any atom is -0.598 e. The van der Waals surface area contributed by atoms with E-state index in [1.807, 2.05) is 45.0 Å². The van der Waals surface area contributed by atoms with E-state index in [9.17, 15) is 14.1 Å². The number of aryl methyl sites for hydroxylation is 1. The average molecular weight is 703 g/mol. The Morgan fingerprint density at radius 2 is 1.72 bits per heavy atom. The van der Waals surface area contributed by atoms with Crippen molar-refractivity contribution >= 4 is 29.0 Å². The molecule has 1 unspecified atom stereocenters. The zero-order valence-corrected chi connectivity index (χ0v) is 30.6. The Balaban J connectivity index is 1.46. The van der Waals surface area contributed by atoms with Crippen molar-refractivity contribution in [2.45, 2.75) is 96.6 Å². The molecule has 0 radical (unpaired) electrons. The van der Waals surface area contributed by atoms with E-state index in [1.165, 1.54) is 10.7 Å². The lowest BCUT2D eigenvalue weighted by atomic mass is 9.79. The summed E-state index contributed by atoms with van der Waals surface area (Å²) in [6.07, 6.45) is 6.66. The lowest BCUT2D eigenvalue weighted by molar-refractivity contribution is 0.0523. The zero-order chi connectivity index (χ0) is 36.3. The van der Waals surface area contributed by atoms with Crippen LogP contribution in [0.25, 0.3) is 5.69 Å². The van der Waals surface area contributed by atoms with Crippen molar-refractivity contribution in [3.8, 4) is 5.69 Å². The number of amides is 2. The van der Waals surface area contributed by atoms with Gasteiger partial charge in [-0.2, -0.15) is 5.10 Å². The van der Waals surface area contributed by atoms with Crippen LogP contribution in [-0.4, -0.2) is 41.7 Å². The second-order valence-corrected chi connectivity index (χ2v) is 16.8. The molecule has 50 heavy (non-hydrogen) atoms. The molecule has 2 heterocycles. The molecular weight excluding hydrogens is 656 g/mol. The van der Waals surface area contributed by atoms with Gasteiger partial charge in [0, 0.05) is 30.3 Å². The molecule has 266 valence electrons. The molecule has 2 aromatic heterocycles. The van der Waals surface area contributed by atoms with Gasteiger partial charge in [0.05, 0.1) is 17.1 Å². The van der Waals surface area contributed by atoms with Gasteiger partial charge in [-0.15, -0.1) is 4.72 Å². The lowest BCUT2D eigenvalue weighted by Gasteiger charge is -2.38. The molecular formula is C38H47FN6O4S. The Labute approximate surface area is 296 Å². The molecule has 2 amide bonds. The Kier molecular flexibility index (Phi) is 11.0. The van der Waals surface area contributed by atoms with Crippen molar-refractivity contribution in [2.75, 3.05) is 5.32 Å². The number of nitrogens with zero attached hydrogens (tertiary/aromatic N) is 3. The van der Waals surface area contributed by atoms with Gasteiger partial charge in [-0.1, -0.05) is 31.0 Å². The molecule has 2 atom stereocenters. The van der Waals surface area contributed by atoms with Gasteiger partial charge in [-0.05, 0) is 126 Å². The first-order valence-corrected chi connectivity index (χ1v) is 18.0. The topological polar surface area (TPSA) is 133 Å². The van der Waals surface area contributed by atoms with E-state index in [0.29, 0.717) is 29.3 Å². The van der Waals surface area contributed by atoms with E-state index in [-0.39, 0.29) is 17.9 Å². The minimum atomic E-state index is -1.48. The van der Waals surface area contributed by atoms with Gasteiger partial charge in [0.2, 0.25) is 0 Å². The van der Waals surface area contributed by atoms with Crippen LogP contribution >= 0.6 is 0 Å². The van der Waals surface area contributed by atoms with Gasteiger partial charge in [0.25, 0.3) is 5.91 Å². The third-order valence-corrected chi connectivity index (χ3v) is 10.0. The Morgan fingerprint density at radius 3 is 2.38 bits per heavy atom. The van der Waals surface area contributed by atoms with Crippen LogP contribution in [0, 0.1) is 18.7 Å². The fourth-order valence-electron chi connectivity index (χ4n) is 5.62. The van der Waals surface area contributed by atoms with Crippen LogP contribution in [0.1, 0.15) is 100 Å². The number of halogens is 1. The van der Waals surface area contributed by atoms with Crippen LogP contribution in [0.2, 0.25) is 0 Å². The van der Waals surface area contributed by atoms with Gasteiger partial charge in [-0.25, -0.2) is 13.9 Å². The number of benzene rings is 2. The molecule has 1 aliphatic carbocycles. The van der Waals surface area contributed by atoms with Gasteiger partial charge in [0.15, 0.2) is 0 Å². The Hall–Kier alpha value is -4.26. The number of carbonyl (C=O) groups is 2. The predicted octanol–water partition coefficient (Wildman–Crippen LogP) is 7.48. The summed E-state index contributed by atoms with van der Waals surface area (Å²) in [5.74, 6) is -0.587. The third kappa shape index (κ3) is 9.29. The molecule has 5 rings (SSSR count). The summed E-state index contributed by atoms with van der Waals surface area (Å²) in [4.78, 5) is 30.3. The largest absolute Gasteiger partial charge is 0.598 e. The van der Waals surface area contributed by atoms with Crippen molar-refractivity contribution < 1.29 is 23.3 Å². The zero-order valence-electron chi connectivity index (χ0n) is 29.8. The maximum atomic E-state index is 15.6. The number of aromatic nitrogens is 3. The summed E-state index contributed by atoms with van der Waals surface area (Å²) in [6.45, 7) is 13.1. The number of ether oxygens (including phenoxy) is 1. The second-order valence-electron chi connectivity index (χ2n) is 14.9. The maximum absolute atomic E-state index is 15.6. The third-order valence-electron chi connectivity index (χ3n) is 8.38. The molecule has 1 aliphatic rings. The van der Waals surface area contributed by atoms with E-state index in [1.54, 1.807) is 70.4 Å². The first-order chi connectivity index (χ1) is 23.5. The molecule has 2 aromatic carbocycles. The molecule has 4 aromatic rings. The number of rotatable bonds is 12. The number of carbonyl (C=O) groups excluding carboxylic acids is 2. The smallest absolute Gasteiger partial charge is 0.407 e. The average Bonchev–Trinajstić information content (AvgIpc) is 3.80. The first kappa shape index (κ1) is 37.0. The Bertz CT molecular complexity index is 1820. The van der Waals surface area contributed by atoms with E-state index in [2.05, 4.69) is 25.4 Å². The molecule has 1 fully saturated rings. The van der Waals surface area contributed by atoms with Crippen LogP contribution in [0.4, 0.5) is 14.9 Å². The number of anilines is 1. The summed E-state index contributed by atoms with van der Waals surface area (Å²) < 4.78 is 39.0. The number of hydrogen-bond donors (Lipinski definition) is 3. The van der Waals surface area contributed by atoms with Crippen molar-refractivity contribution in [3.63, 3.8) is 0 Å². The number of nitrogens with one attached hydrogen (secondary N) is 3. The van der Waals surface area contributed by atoms with Gasteiger partial charge in [0.1, 0.15) is 27.4 Å². The highest BCUT2D eigenvalue weighted by Gasteiger charge is 2.43. The van der Waals surface area contributed by atoms with Gasteiger partial charge < -0.3 is 19.9 Å². The fourth-order valence-corrected chi connectivity index (χ4v) is 6.58. The lowest BCUT2D eigenvalue weighted by Crippen LogP contribution is -2.52. The van der Waals surface area contributed by atoms with Gasteiger partial charge >= 0.3 is 6.09 Å². The van der Waals surface area contributed by atoms with E-state index < -0.39 is 45.1 Å². The summed E-state index contributed by atoms with van der Waals surface area (Å²) in [6, 6.07) is 17.3. The molecule has 12 heteroatoms. The standard InChI is InChI=1S/C38H47FN6O4S/c1-25-21-33(45(43-25)30-10-8-9-27(22-30)24-41-35(47)49-36(2,3)4)34(46)42-32-23-29(13-14-31(32)39)38(18-15-26-11-12-26,28-16-19-40-20-17-28)44-50(48)37(5,6)7/h8-10,13-14,16-17,19-23,26,44H,11-12,15,18,24H2,1-7H3,(H,41,47)(H,42,46)/t38?,50-/m0/s1. The summed E-state index contributed by atoms with van der Waals surface area (Å²) in [5, 5.41) is 10.1. The fraction of sp³-hybridized carbons (Fsp3) is 0.421. The van der Waals surface area contributed by atoms with Crippen LogP contribution in [0.5, 0.6) is 0 Å². The predicted molar refractivity (Wildman–Crippen MR) is 194 cm³/mol. The molecule has 0 bridgehead atoms. The van der Waals surface area contributed by atoms with Crippen LogP contribution < -0.4 is 15.4 Å². The van der Waals surface area contributed by atoms with E-state index in [4.69, 9.17) is 4.74 Å². The van der Waals surface area contributed by atoms with E-state index >= 15 is 4.39 Å². The molecule has 1 saturated carbocycles. The normalized spacial score (nSPS) is 15.2. The number of hydrogen-bond acceptors (Lipinski definition) is 7. The monoisotopic (exact) mass is 702 g/mol. The highest BCUT2D eigenvalue weighted by Crippen LogP contribution is 2.43. The van der Waals surface area contributed by atoms with Crippen LogP contribution in [0.3, 0.4) is 0 Å². The molecule has 0 spiro atoms. The van der Waals surface area contributed by atoms with Crippen LogP contribution in [0.15, 0.2) is 73.1 Å². The molecule has 0 saturated heterocycles. The molecule has 0 aliphatic heterocycles. The SMILES string of the molecule is Cc1cc(C(=O)Nc2cc(C(CCC3CC3)(N[S@@+]([O-])C(C)(C)C)c3ccncc3)ccc2F)n(-c2cccc(CNC(=O)OC(C)(C)C)c2)n1. The summed E-state index contributed by atoms with van der Waals surface area (Å²) in [7, 11) is 0. The van der Waals surface area contributed by atoms with Gasteiger partial charge in [-0.3, -0.25) is 9.78 Å². The van der Waals surface area contributed by atoms with Crippen molar-refractivity contribution in [3.05, 3.63) is 107 Å². The number of alkyl carbamates (subject to hydrolysis) is 1. The molecule has 3 N–H and O–H groups in total. The minimum absolute atomic E-state index is 0.0126. The first-order valence-electron chi connectivity index (χ1n) is 16.9. The molecule has 10 nitrogen and oxygen atoms in total. The highest BCUT2D eigenvalue weighted by molar-refractivity contribution is 7.90. The Morgan fingerprint density at radius 1 is 1.00 bits per heavy atom. The maximum Gasteiger partial charge on any atom is 0.407 e. The van der Waals surface area contributed by atoms with Crippen molar-refractivity contribution in [1.82, 2.24) is 24.8 Å². The van der Waals surface area contributed by atoms with Crippen molar-refractivity contribution in [1.29, 1.82) is 0 Å². The highest BCUT2D eigenvalue weighted by atomic mass is 32.2. The van der Waals surface area contributed by atoms with Crippen LogP contribution in [-0.2, 0) is 28.2 Å². The van der Waals surface area contributed by atoms with E-state index in [0.717, 1.165) is 30.4 Å².